The Labute approximate surface area is 90.1 Å². The highest BCUT2D eigenvalue weighted by Gasteiger charge is 2.13. The van der Waals surface area contributed by atoms with E-state index in [4.69, 9.17) is 5.73 Å². The van der Waals surface area contributed by atoms with Crippen molar-refractivity contribution in [2.75, 3.05) is 26.4 Å². The smallest absolute Gasteiger partial charge is 0.168 e. The first kappa shape index (κ1) is 11.7. The average Bonchev–Trinajstić information content (AvgIpc) is 2.14. The van der Waals surface area contributed by atoms with E-state index in [-0.39, 0.29) is 5.78 Å². The molecule has 4 heteroatoms. The lowest BCUT2D eigenvalue weighted by Crippen LogP contribution is -2.18. The second-order valence-corrected chi connectivity index (χ2v) is 3.86. The maximum absolute atomic E-state index is 11.8. The first-order chi connectivity index (χ1) is 7.02. The summed E-state index contributed by atoms with van der Waals surface area (Å²) in [5.41, 5.74) is 7.15. The summed E-state index contributed by atoms with van der Waals surface area (Å²) in [6, 6.07) is 1.80. The fourth-order valence-electron chi connectivity index (χ4n) is 1.39. The average molecular weight is 207 g/mol. The number of nitrogens with zero attached hydrogens (tertiary/aromatic N) is 2. The molecule has 0 unspecified atom stereocenters. The molecule has 1 heterocycles. The lowest BCUT2D eigenvalue weighted by molar-refractivity contribution is 0.0972. The molecule has 0 fully saturated rings. The van der Waals surface area contributed by atoms with Gasteiger partial charge in [0.25, 0.3) is 0 Å². The number of nitrogens with two attached hydrogens (primary N) is 1. The minimum absolute atomic E-state index is 0.0619. The Balaban J connectivity index is 2.82. The van der Waals surface area contributed by atoms with Gasteiger partial charge >= 0.3 is 0 Å². The number of hydrogen-bond donors (Lipinski definition) is 1. The highest BCUT2D eigenvalue weighted by atomic mass is 16.1. The Kier molecular flexibility index (Phi) is 3.80. The van der Waals surface area contributed by atoms with Crippen molar-refractivity contribution >= 4 is 11.6 Å². The number of hydrogen-bond acceptors (Lipinski definition) is 4. The number of ketones is 1. The monoisotopic (exact) mass is 207 g/mol. The van der Waals surface area contributed by atoms with Gasteiger partial charge in [0.15, 0.2) is 5.78 Å². The Morgan fingerprint density at radius 1 is 1.53 bits per heavy atom. The molecule has 0 saturated heterocycles. The molecule has 0 aliphatic rings. The van der Waals surface area contributed by atoms with Gasteiger partial charge in [0.05, 0.1) is 5.56 Å². The van der Waals surface area contributed by atoms with Crippen LogP contribution in [0.1, 0.15) is 22.3 Å². The summed E-state index contributed by atoms with van der Waals surface area (Å²) in [7, 11) is 3.87. The molecule has 0 atom stereocenters. The predicted octanol–water partition coefficient (Wildman–Crippen LogP) is 1.11. The second kappa shape index (κ2) is 4.89. The summed E-state index contributed by atoms with van der Waals surface area (Å²) < 4.78 is 0. The van der Waals surface area contributed by atoms with E-state index < -0.39 is 0 Å². The molecule has 0 bridgehead atoms. The molecule has 0 aliphatic carbocycles. The normalized spacial score (nSPS) is 10.7. The summed E-state index contributed by atoms with van der Waals surface area (Å²) in [4.78, 5) is 17.7. The van der Waals surface area contributed by atoms with Crippen LogP contribution in [0.3, 0.4) is 0 Å². The number of Topliss-reactive ketones (excluding diaryl/α,β-unsaturated/α-hetero) is 1. The zero-order valence-electron chi connectivity index (χ0n) is 9.45. The zero-order valence-corrected chi connectivity index (χ0v) is 9.45. The maximum atomic E-state index is 11.8. The lowest BCUT2D eigenvalue weighted by Gasteiger charge is -2.10. The Morgan fingerprint density at radius 2 is 2.20 bits per heavy atom. The van der Waals surface area contributed by atoms with Crippen molar-refractivity contribution in [3.63, 3.8) is 0 Å². The van der Waals surface area contributed by atoms with E-state index in [2.05, 4.69) is 4.98 Å². The topological polar surface area (TPSA) is 59.2 Å². The number of pyridine rings is 1. The largest absolute Gasteiger partial charge is 0.383 e. The molecule has 4 nitrogen and oxygen atoms in total. The van der Waals surface area contributed by atoms with Crippen LogP contribution < -0.4 is 5.73 Å². The Hall–Kier alpha value is -1.42. The predicted molar refractivity (Wildman–Crippen MR) is 60.9 cm³/mol. The van der Waals surface area contributed by atoms with Gasteiger partial charge in [0.1, 0.15) is 5.82 Å². The van der Waals surface area contributed by atoms with Gasteiger partial charge in [-0.3, -0.25) is 4.79 Å². The van der Waals surface area contributed by atoms with Crippen molar-refractivity contribution in [3.05, 3.63) is 23.4 Å². The summed E-state index contributed by atoms with van der Waals surface area (Å²) in [5, 5.41) is 0. The number of nitrogen functional groups attached to an aromatic ring is 1. The molecule has 0 aliphatic heterocycles. The quantitative estimate of drug-likeness (QED) is 0.751. The fraction of sp³-hybridized carbons (Fsp3) is 0.455. The molecule has 0 radical (unpaired) electrons. The van der Waals surface area contributed by atoms with Gasteiger partial charge in [-0.25, -0.2) is 4.98 Å². The molecule has 1 rings (SSSR count). The molecule has 0 aromatic carbocycles. The summed E-state index contributed by atoms with van der Waals surface area (Å²) >= 11 is 0. The number of rotatable bonds is 4. The van der Waals surface area contributed by atoms with Crippen LogP contribution >= 0.6 is 0 Å². The van der Waals surface area contributed by atoms with Crippen LogP contribution in [0, 0.1) is 6.92 Å². The van der Waals surface area contributed by atoms with Crippen molar-refractivity contribution in [2.45, 2.75) is 13.3 Å². The number of aromatic nitrogens is 1. The van der Waals surface area contributed by atoms with Gasteiger partial charge in [-0.15, -0.1) is 0 Å². The van der Waals surface area contributed by atoms with Gasteiger partial charge in [-0.1, -0.05) is 0 Å². The Bertz CT molecular complexity index is 341. The van der Waals surface area contributed by atoms with Gasteiger partial charge in [-0.2, -0.15) is 0 Å². The van der Waals surface area contributed by atoms with E-state index in [1.54, 1.807) is 12.3 Å². The minimum Gasteiger partial charge on any atom is -0.383 e. The van der Waals surface area contributed by atoms with Crippen molar-refractivity contribution in [2.24, 2.45) is 0 Å². The van der Waals surface area contributed by atoms with Crippen LogP contribution in [0.15, 0.2) is 12.3 Å². The molecule has 0 saturated carbocycles. The van der Waals surface area contributed by atoms with Crippen LogP contribution in [0.2, 0.25) is 0 Å². The first-order valence-corrected chi connectivity index (χ1v) is 4.91. The van der Waals surface area contributed by atoms with Crippen molar-refractivity contribution in [3.8, 4) is 0 Å². The molecule has 15 heavy (non-hydrogen) atoms. The standard InChI is InChI=1S/C11H17N3O/c1-8-4-6-13-11(12)10(8)9(15)5-7-14(2)3/h4,6H,5,7H2,1-3H3,(H2,12,13). The lowest BCUT2D eigenvalue weighted by atomic mass is 10.0. The van der Waals surface area contributed by atoms with Crippen molar-refractivity contribution in [1.29, 1.82) is 0 Å². The van der Waals surface area contributed by atoms with Gasteiger partial charge in [-0.05, 0) is 32.6 Å². The number of anilines is 1. The molecule has 0 amide bonds. The van der Waals surface area contributed by atoms with Crippen LogP contribution in [0.4, 0.5) is 5.82 Å². The third-order valence-electron chi connectivity index (χ3n) is 2.25. The van der Waals surface area contributed by atoms with E-state index in [1.165, 1.54) is 0 Å². The highest BCUT2D eigenvalue weighted by molar-refractivity contribution is 6.01. The van der Waals surface area contributed by atoms with Gasteiger partial charge in [0.2, 0.25) is 0 Å². The van der Waals surface area contributed by atoms with Crippen LogP contribution in [0.5, 0.6) is 0 Å². The molecule has 0 spiro atoms. The minimum atomic E-state index is 0.0619. The van der Waals surface area contributed by atoms with Crippen LogP contribution in [-0.2, 0) is 0 Å². The van der Waals surface area contributed by atoms with E-state index in [0.717, 1.165) is 12.1 Å². The fourth-order valence-corrected chi connectivity index (χ4v) is 1.39. The SMILES string of the molecule is Cc1ccnc(N)c1C(=O)CCN(C)C. The van der Waals surface area contributed by atoms with E-state index in [9.17, 15) is 4.79 Å². The molecular weight excluding hydrogens is 190 g/mol. The molecule has 2 N–H and O–H groups in total. The molecule has 82 valence electrons. The van der Waals surface area contributed by atoms with Crippen molar-refractivity contribution < 1.29 is 4.79 Å². The third-order valence-corrected chi connectivity index (χ3v) is 2.25. The third kappa shape index (κ3) is 3.02. The van der Waals surface area contributed by atoms with Crippen molar-refractivity contribution in [1.82, 2.24) is 9.88 Å². The number of carbonyl (C=O) groups excluding carboxylic acids is 1. The molecular formula is C11H17N3O. The van der Waals surface area contributed by atoms with Crippen LogP contribution in [-0.4, -0.2) is 36.3 Å². The first-order valence-electron chi connectivity index (χ1n) is 4.91. The summed E-state index contributed by atoms with van der Waals surface area (Å²) in [6.07, 6.45) is 2.09. The van der Waals surface area contributed by atoms with E-state index in [0.29, 0.717) is 17.8 Å². The van der Waals surface area contributed by atoms with Crippen LogP contribution in [0.25, 0.3) is 0 Å². The highest BCUT2D eigenvalue weighted by Crippen LogP contribution is 2.15. The second-order valence-electron chi connectivity index (χ2n) is 3.86. The maximum Gasteiger partial charge on any atom is 0.168 e. The van der Waals surface area contributed by atoms with Gasteiger partial charge in [0, 0.05) is 19.2 Å². The number of carbonyl (C=O) groups is 1. The zero-order chi connectivity index (χ0) is 11.4. The Morgan fingerprint density at radius 3 is 2.73 bits per heavy atom. The van der Waals surface area contributed by atoms with E-state index in [1.807, 2.05) is 25.9 Å². The summed E-state index contributed by atoms with van der Waals surface area (Å²) in [5.74, 6) is 0.394. The molecule has 1 aromatic heterocycles. The molecule has 1 aromatic rings. The summed E-state index contributed by atoms with van der Waals surface area (Å²) in [6.45, 7) is 2.60. The van der Waals surface area contributed by atoms with Gasteiger partial charge < -0.3 is 10.6 Å². The number of aryl methyl sites for hydroxylation is 1. The van der Waals surface area contributed by atoms with E-state index >= 15 is 0 Å².